The summed E-state index contributed by atoms with van der Waals surface area (Å²) in [5.74, 6) is -1.54. The number of benzene rings is 1. The van der Waals surface area contributed by atoms with E-state index in [1.54, 1.807) is 12.3 Å². The first-order valence-electron chi connectivity index (χ1n) is 4.73. The third-order valence-corrected chi connectivity index (χ3v) is 2.53. The highest BCUT2D eigenvalue weighted by molar-refractivity contribution is 5.88. The lowest BCUT2D eigenvalue weighted by molar-refractivity contribution is -0.138. The molecule has 4 nitrogen and oxygen atoms in total. The summed E-state index contributed by atoms with van der Waals surface area (Å²) in [5.41, 5.74) is 7.07. The number of H-pyrrole nitrogens is 1. The molecular formula is C11H12N2O2. The molecule has 0 bridgehead atoms. The largest absolute Gasteiger partial charge is 0.481 e. The van der Waals surface area contributed by atoms with Gasteiger partial charge in [-0.15, -0.1) is 0 Å². The number of carboxylic acid groups (broad SMARTS) is 1. The highest BCUT2D eigenvalue weighted by Crippen LogP contribution is 2.24. The molecule has 0 amide bonds. The van der Waals surface area contributed by atoms with Crippen molar-refractivity contribution in [1.29, 1.82) is 0 Å². The van der Waals surface area contributed by atoms with Gasteiger partial charge in [0.15, 0.2) is 0 Å². The minimum Gasteiger partial charge on any atom is -0.481 e. The van der Waals surface area contributed by atoms with Gasteiger partial charge in [0.2, 0.25) is 0 Å². The lowest BCUT2D eigenvalue weighted by Gasteiger charge is -2.10. The zero-order chi connectivity index (χ0) is 10.8. The van der Waals surface area contributed by atoms with Gasteiger partial charge in [-0.1, -0.05) is 18.2 Å². The molecule has 1 heterocycles. The zero-order valence-electron chi connectivity index (χ0n) is 8.10. The van der Waals surface area contributed by atoms with Crippen molar-refractivity contribution in [2.75, 3.05) is 6.54 Å². The fourth-order valence-corrected chi connectivity index (χ4v) is 1.76. The Labute approximate surface area is 86.7 Å². The van der Waals surface area contributed by atoms with Crippen LogP contribution in [0.15, 0.2) is 30.5 Å². The number of aromatic amines is 1. The molecule has 4 N–H and O–H groups in total. The van der Waals surface area contributed by atoms with Crippen LogP contribution in [0.3, 0.4) is 0 Å². The Bertz CT molecular complexity index is 490. The van der Waals surface area contributed by atoms with Crippen molar-refractivity contribution in [3.8, 4) is 0 Å². The van der Waals surface area contributed by atoms with E-state index in [0.29, 0.717) is 0 Å². The molecule has 1 atom stereocenters. The maximum Gasteiger partial charge on any atom is 0.312 e. The van der Waals surface area contributed by atoms with Crippen LogP contribution >= 0.6 is 0 Å². The minimum absolute atomic E-state index is 0.105. The van der Waals surface area contributed by atoms with Crippen LogP contribution in [0.25, 0.3) is 10.9 Å². The SMILES string of the molecule is NCC(C(=O)O)c1cccc2cc[nH]c12. The first kappa shape index (κ1) is 9.73. The van der Waals surface area contributed by atoms with E-state index in [2.05, 4.69) is 4.98 Å². The molecule has 2 aromatic rings. The van der Waals surface area contributed by atoms with Crippen molar-refractivity contribution in [3.05, 3.63) is 36.0 Å². The van der Waals surface area contributed by atoms with Crippen LogP contribution in [-0.2, 0) is 4.79 Å². The van der Waals surface area contributed by atoms with E-state index < -0.39 is 11.9 Å². The molecule has 2 rings (SSSR count). The summed E-state index contributed by atoms with van der Waals surface area (Å²) in [6.45, 7) is 0.105. The summed E-state index contributed by atoms with van der Waals surface area (Å²) in [5, 5.41) is 10.0. The molecule has 1 aromatic carbocycles. The maximum atomic E-state index is 11.0. The Morgan fingerprint density at radius 3 is 2.93 bits per heavy atom. The summed E-state index contributed by atoms with van der Waals surface area (Å²) in [6, 6.07) is 7.49. The van der Waals surface area contributed by atoms with Crippen LogP contribution in [0.2, 0.25) is 0 Å². The number of aliphatic carboxylic acids is 1. The molecular weight excluding hydrogens is 192 g/mol. The monoisotopic (exact) mass is 204 g/mol. The number of nitrogens with one attached hydrogen (secondary N) is 1. The molecule has 15 heavy (non-hydrogen) atoms. The smallest absolute Gasteiger partial charge is 0.312 e. The maximum absolute atomic E-state index is 11.0. The number of nitrogens with two attached hydrogens (primary N) is 1. The Morgan fingerprint density at radius 2 is 2.27 bits per heavy atom. The summed E-state index contributed by atoms with van der Waals surface area (Å²) in [7, 11) is 0. The number of carbonyl (C=O) groups is 1. The number of hydrogen-bond acceptors (Lipinski definition) is 2. The average molecular weight is 204 g/mol. The lowest BCUT2D eigenvalue weighted by atomic mass is 9.97. The van der Waals surface area contributed by atoms with Crippen molar-refractivity contribution in [2.24, 2.45) is 5.73 Å². The van der Waals surface area contributed by atoms with Gasteiger partial charge in [-0.05, 0) is 17.0 Å². The van der Waals surface area contributed by atoms with E-state index in [0.717, 1.165) is 16.5 Å². The molecule has 1 unspecified atom stereocenters. The molecule has 0 aliphatic rings. The molecule has 0 radical (unpaired) electrons. The third-order valence-electron chi connectivity index (χ3n) is 2.53. The van der Waals surface area contributed by atoms with Gasteiger partial charge < -0.3 is 15.8 Å². The van der Waals surface area contributed by atoms with Crippen molar-refractivity contribution >= 4 is 16.9 Å². The lowest BCUT2D eigenvalue weighted by Crippen LogP contribution is -2.21. The number of carboxylic acids is 1. The normalized spacial score (nSPS) is 12.9. The first-order chi connectivity index (χ1) is 7.24. The van der Waals surface area contributed by atoms with Crippen LogP contribution in [0.1, 0.15) is 11.5 Å². The molecule has 0 aliphatic heterocycles. The Morgan fingerprint density at radius 1 is 1.47 bits per heavy atom. The predicted octanol–water partition coefficient (Wildman–Crippen LogP) is 1.29. The molecule has 78 valence electrons. The van der Waals surface area contributed by atoms with Crippen LogP contribution in [0, 0.1) is 0 Å². The van der Waals surface area contributed by atoms with E-state index in [-0.39, 0.29) is 6.54 Å². The number of aromatic nitrogens is 1. The Hall–Kier alpha value is -1.81. The fourth-order valence-electron chi connectivity index (χ4n) is 1.76. The van der Waals surface area contributed by atoms with E-state index in [1.165, 1.54) is 0 Å². The van der Waals surface area contributed by atoms with Gasteiger partial charge in [-0.3, -0.25) is 4.79 Å². The topological polar surface area (TPSA) is 79.1 Å². The summed E-state index contributed by atoms with van der Waals surface area (Å²) in [4.78, 5) is 14.0. The van der Waals surface area contributed by atoms with Crippen molar-refractivity contribution in [3.63, 3.8) is 0 Å². The van der Waals surface area contributed by atoms with Crippen LogP contribution in [-0.4, -0.2) is 22.6 Å². The van der Waals surface area contributed by atoms with Gasteiger partial charge in [0.05, 0.1) is 5.92 Å². The summed E-state index contributed by atoms with van der Waals surface area (Å²) < 4.78 is 0. The van der Waals surface area contributed by atoms with Crippen molar-refractivity contribution in [2.45, 2.75) is 5.92 Å². The van der Waals surface area contributed by atoms with E-state index >= 15 is 0 Å². The molecule has 4 heteroatoms. The van der Waals surface area contributed by atoms with Gasteiger partial charge in [-0.25, -0.2) is 0 Å². The highest BCUT2D eigenvalue weighted by Gasteiger charge is 2.20. The Balaban J connectivity index is 2.59. The second-order valence-corrected chi connectivity index (χ2v) is 3.42. The second-order valence-electron chi connectivity index (χ2n) is 3.42. The Kier molecular flexibility index (Phi) is 2.43. The van der Waals surface area contributed by atoms with Crippen LogP contribution < -0.4 is 5.73 Å². The number of fused-ring (bicyclic) bond motifs is 1. The molecule has 0 aliphatic carbocycles. The summed E-state index contributed by atoms with van der Waals surface area (Å²) >= 11 is 0. The van der Waals surface area contributed by atoms with E-state index in [1.807, 2.05) is 18.2 Å². The molecule has 1 aromatic heterocycles. The quantitative estimate of drug-likeness (QED) is 0.705. The van der Waals surface area contributed by atoms with E-state index in [4.69, 9.17) is 10.8 Å². The van der Waals surface area contributed by atoms with Gasteiger partial charge in [-0.2, -0.15) is 0 Å². The standard InChI is InChI=1S/C11H12N2O2/c12-6-9(11(14)15)8-3-1-2-7-4-5-13-10(7)8/h1-5,9,13H,6,12H2,(H,14,15). The number of para-hydroxylation sites is 1. The first-order valence-corrected chi connectivity index (χ1v) is 4.73. The second kappa shape index (κ2) is 3.74. The fraction of sp³-hybridized carbons (Fsp3) is 0.182. The van der Waals surface area contributed by atoms with Crippen LogP contribution in [0.4, 0.5) is 0 Å². The van der Waals surface area contributed by atoms with Gasteiger partial charge >= 0.3 is 5.97 Å². The van der Waals surface area contributed by atoms with Crippen molar-refractivity contribution < 1.29 is 9.90 Å². The van der Waals surface area contributed by atoms with Gasteiger partial charge in [0, 0.05) is 18.3 Å². The van der Waals surface area contributed by atoms with Crippen molar-refractivity contribution in [1.82, 2.24) is 4.98 Å². The van der Waals surface area contributed by atoms with Gasteiger partial charge in [0.25, 0.3) is 0 Å². The molecule has 0 fully saturated rings. The van der Waals surface area contributed by atoms with Gasteiger partial charge in [0.1, 0.15) is 0 Å². The third kappa shape index (κ3) is 1.59. The van der Waals surface area contributed by atoms with E-state index in [9.17, 15) is 4.79 Å². The zero-order valence-corrected chi connectivity index (χ0v) is 8.10. The molecule has 0 spiro atoms. The number of rotatable bonds is 3. The summed E-state index contributed by atoms with van der Waals surface area (Å²) in [6.07, 6.45) is 1.80. The predicted molar refractivity (Wildman–Crippen MR) is 57.7 cm³/mol. The number of hydrogen-bond donors (Lipinski definition) is 3. The van der Waals surface area contributed by atoms with Crippen LogP contribution in [0.5, 0.6) is 0 Å². The minimum atomic E-state index is -0.889. The molecule has 0 saturated heterocycles. The molecule has 0 saturated carbocycles. The highest BCUT2D eigenvalue weighted by atomic mass is 16.4. The average Bonchev–Trinajstić information content (AvgIpc) is 2.66.